The minimum absolute atomic E-state index is 0.213. The van der Waals surface area contributed by atoms with Gasteiger partial charge in [-0.1, -0.05) is 12.1 Å². The summed E-state index contributed by atoms with van der Waals surface area (Å²) < 4.78 is 12.7. The quantitative estimate of drug-likeness (QED) is 0.843. The highest BCUT2D eigenvalue weighted by atomic mass is 32.2. The predicted octanol–water partition coefficient (Wildman–Crippen LogP) is 1.78. The molecular weight excluding hydrogens is 225 g/mol. The third-order valence-electron chi connectivity index (χ3n) is 2.78. The monoisotopic (exact) mass is 241 g/mol. The number of aliphatic hydroxyl groups is 1. The molecule has 0 saturated carbocycles. The molecule has 88 valence electrons. The largest absolute Gasteiger partial charge is 0.388 e. The molecule has 1 atom stereocenters. The minimum atomic E-state index is -0.551. The molecule has 0 aromatic heterocycles. The van der Waals surface area contributed by atoms with Crippen molar-refractivity contribution < 1.29 is 9.50 Å². The predicted molar refractivity (Wildman–Crippen MR) is 65.0 cm³/mol. The van der Waals surface area contributed by atoms with Crippen LogP contribution in [0.1, 0.15) is 12.0 Å². The maximum absolute atomic E-state index is 12.7. The van der Waals surface area contributed by atoms with Crippen LogP contribution in [0.15, 0.2) is 24.3 Å². The maximum Gasteiger partial charge on any atom is 0.123 e. The molecule has 2 N–H and O–H groups in total. The fourth-order valence-corrected chi connectivity index (χ4v) is 3.07. The number of hydrogen-bond donors (Lipinski definition) is 2. The molecule has 1 aliphatic heterocycles. The van der Waals surface area contributed by atoms with Gasteiger partial charge in [0.25, 0.3) is 0 Å². The summed E-state index contributed by atoms with van der Waals surface area (Å²) in [6, 6.07) is 6.43. The van der Waals surface area contributed by atoms with Crippen molar-refractivity contribution in [1.29, 1.82) is 0 Å². The van der Waals surface area contributed by atoms with Crippen LogP contribution in [0, 0.1) is 5.82 Å². The van der Waals surface area contributed by atoms with E-state index in [1.54, 1.807) is 23.9 Å². The van der Waals surface area contributed by atoms with Crippen LogP contribution in [-0.4, -0.2) is 28.8 Å². The summed E-state index contributed by atoms with van der Waals surface area (Å²) in [5.74, 6) is 1.63. The zero-order valence-electron chi connectivity index (χ0n) is 9.08. The van der Waals surface area contributed by atoms with E-state index < -0.39 is 5.60 Å². The average molecular weight is 241 g/mol. The second kappa shape index (κ2) is 5.17. The van der Waals surface area contributed by atoms with Gasteiger partial charge >= 0.3 is 0 Å². The van der Waals surface area contributed by atoms with Crippen LogP contribution in [0.5, 0.6) is 0 Å². The van der Waals surface area contributed by atoms with Gasteiger partial charge < -0.3 is 10.4 Å². The Labute approximate surface area is 99.2 Å². The van der Waals surface area contributed by atoms with Crippen LogP contribution in [0.4, 0.5) is 4.39 Å². The summed E-state index contributed by atoms with van der Waals surface area (Å²) >= 11 is 1.79. The van der Waals surface area contributed by atoms with E-state index in [1.165, 1.54) is 12.1 Å². The Morgan fingerprint density at radius 2 is 2.12 bits per heavy atom. The Hall–Kier alpha value is -0.580. The van der Waals surface area contributed by atoms with E-state index in [4.69, 9.17) is 0 Å². The summed E-state index contributed by atoms with van der Waals surface area (Å²) in [7, 11) is 0. The Kier molecular flexibility index (Phi) is 3.84. The highest BCUT2D eigenvalue weighted by Crippen LogP contribution is 2.26. The van der Waals surface area contributed by atoms with E-state index in [2.05, 4.69) is 5.32 Å². The SMILES string of the molecule is OC1(CNCc2ccc(F)cc2)CCSC1. The van der Waals surface area contributed by atoms with Gasteiger partial charge in [-0.15, -0.1) is 0 Å². The number of nitrogens with one attached hydrogen (secondary N) is 1. The highest BCUT2D eigenvalue weighted by Gasteiger charge is 2.30. The Morgan fingerprint density at radius 1 is 1.38 bits per heavy atom. The molecule has 2 rings (SSSR count). The van der Waals surface area contributed by atoms with Gasteiger partial charge in [-0.05, 0) is 29.9 Å². The third-order valence-corrected chi connectivity index (χ3v) is 4.01. The highest BCUT2D eigenvalue weighted by molar-refractivity contribution is 7.99. The molecule has 4 heteroatoms. The zero-order valence-corrected chi connectivity index (χ0v) is 9.89. The topological polar surface area (TPSA) is 32.3 Å². The molecule has 1 saturated heterocycles. The van der Waals surface area contributed by atoms with Gasteiger partial charge in [-0.25, -0.2) is 4.39 Å². The van der Waals surface area contributed by atoms with Gasteiger partial charge in [0.2, 0.25) is 0 Å². The number of benzene rings is 1. The lowest BCUT2D eigenvalue weighted by Gasteiger charge is -2.21. The molecule has 2 nitrogen and oxygen atoms in total. The smallest absolute Gasteiger partial charge is 0.123 e. The average Bonchev–Trinajstić information content (AvgIpc) is 2.69. The Morgan fingerprint density at radius 3 is 2.75 bits per heavy atom. The molecule has 1 fully saturated rings. The fourth-order valence-electron chi connectivity index (χ4n) is 1.78. The van der Waals surface area contributed by atoms with Gasteiger partial charge in [0.15, 0.2) is 0 Å². The minimum Gasteiger partial charge on any atom is -0.388 e. The van der Waals surface area contributed by atoms with E-state index in [0.717, 1.165) is 23.5 Å². The van der Waals surface area contributed by atoms with Crippen molar-refractivity contribution in [3.05, 3.63) is 35.6 Å². The van der Waals surface area contributed by atoms with Crippen LogP contribution in [0.3, 0.4) is 0 Å². The number of halogens is 1. The molecule has 1 aliphatic rings. The number of hydrogen-bond acceptors (Lipinski definition) is 3. The first-order valence-corrected chi connectivity index (χ1v) is 6.59. The van der Waals surface area contributed by atoms with Crippen molar-refractivity contribution in [3.63, 3.8) is 0 Å². The number of thioether (sulfide) groups is 1. The lowest BCUT2D eigenvalue weighted by molar-refractivity contribution is 0.0674. The molecular formula is C12H16FNOS. The summed E-state index contributed by atoms with van der Waals surface area (Å²) in [6.45, 7) is 1.28. The van der Waals surface area contributed by atoms with E-state index >= 15 is 0 Å². The molecule has 0 amide bonds. The van der Waals surface area contributed by atoms with Crippen molar-refractivity contribution in [2.24, 2.45) is 0 Å². The van der Waals surface area contributed by atoms with Gasteiger partial charge in [-0.3, -0.25) is 0 Å². The fraction of sp³-hybridized carbons (Fsp3) is 0.500. The number of rotatable bonds is 4. The Bertz CT molecular complexity index is 335. The first-order chi connectivity index (χ1) is 7.68. The second-order valence-corrected chi connectivity index (χ2v) is 5.36. The van der Waals surface area contributed by atoms with Crippen LogP contribution >= 0.6 is 11.8 Å². The van der Waals surface area contributed by atoms with Crippen molar-refractivity contribution in [3.8, 4) is 0 Å². The zero-order chi connectivity index (χ0) is 11.4. The first kappa shape index (κ1) is 11.9. The van der Waals surface area contributed by atoms with Crippen LogP contribution in [0.25, 0.3) is 0 Å². The van der Waals surface area contributed by atoms with Crippen LogP contribution in [-0.2, 0) is 6.54 Å². The van der Waals surface area contributed by atoms with E-state index in [0.29, 0.717) is 13.1 Å². The summed E-state index contributed by atoms with van der Waals surface area (Å²) in [6.07, 6.45) is 0.855. The van der Waals surface area contributed by atoms with E-state index in [1.807, 2.05) is 0 Å². The van der Waals surface area contributed by atoms with Crippen LogP contribution in [0.2, 0.25) is 0 Å². The lowest BCUT2D eigenvalue weighted by atomic mass is 10.0. The summed E-state index contributed by atoms with van der Waals surface area (Å²) in [5.41, 5.74) is 0.487. The molecule has 0 spiro atoms. The van der Waals surface area contributed by atoms with Crippen LogP contribution < -0.4 is 5.32 Å². The molecule has 0 aliphatic carbocycles. The van der Waals surface area contributed by atoms with Gasteiger partial charge in [-0.2, -0.15) is 11.8 Å². The first-order valence-electron chi connectivity index (χ1n) is 5.43. The summed E-state index contributed by atoms with van der Waals surface area (Å²) in [4.78, 5) is 0. The molecule has 1 unspecified atom stereocenters. The second-order valence-electron chi connectivity index (χ2n) is 4.26. The van der Waals surface area contributed by atoms with Crippen molar-refractivity contribution in [1.82, 2.24) is 5.32 Å². The molecule has 16 heavy (non-hydrogen) atoms. The molecule has 1 heterocycles. The van der Waals surface area contributed by atoms with E-state index in [-0.39, 0.29) is 5.82 Å². The van der Waals surface area contributed by atoms with Crippen molar-refractivity contribution in [2.45, 2.75) is 18.6 Å². The van der Waals surface area contributed by atoms with Gasteiger partial charge in [0.05, 0.1) is 5.60 Å². The normalized spacial score (nSPS) is 24.9. The molecule has 1 aromatic rings. The third kappa shape index (κ3) is 3.20. The van der Waals surface area contributed by atoms with Crippen molar-refractivity contribution >= 4 is 11.8 Å². The molecule has 0 radical (unpaired) electrons. The standard InChI is InChI=1S/C12H16FNOS/c13-11-3-1-10(2-4-11)7-14-8-12(15)5-6-16-9-12/h1-4,14-15H,5-9H2. The van der Waals surface area contributed by atoms with E-state index in [9.17, 15) is 9.50 Å². The maximum atomic E-state index is 12.7. The molecule has 1 aromatic carbocycles. The lowest BCUT2D eigenvalue weighted by Crippen LogP contribution is -2.40. The van der Waals surface area contributed by atoms with Gasteiger partial charge in [0.1, 0.15) is 5.82 Å². The van der Waals surface area contributed by atoms with Gasteiger partial charge in [0, 0.05) is 18.8 Å². The summed E-state index contributed by atoms with van der Waals surface area (Å²) in [5, 5.41) is 13.3. The van der Waals surface area contributed by atoms with Crippen molar-refractivity contribution in [2.75, 3.05) is 18.1 Å². The molecule has 0 bridgehead atoms. The Balaban J connectivity index is 1.77.